The normalized spacial score (nSPS) is 12.1. The summed E-state index contributed by atoms with van der Waals surface area (Å²) in [5.74, 6) is -0.985. The van der Waals surface area contributed by atoms with E-state index in [2.05, 4.69) is 15.0 Å². The van der Waals surface area contributed by atoms with Gasteiger partial charge in [0.05, 0.1) is 47.1 Å². The number of esters is 2. The van der Waals surface area contributed by atoms with Crippen molar-refractivity contribution in [1.29, 1.82) is 0 Å². The van der Waals surface area contributed by atoms with Crippen molar-refractivity contribution in [2.75, 3.05) is 19.5 Å². The summed E-state index contributed by atoms with van der Waals surface area (Å²) in [4.78, 5) is 36.7. The minimum Gasteiger partial charge on any atom is -0.510 e. The summed E-state index contributed by atoms with van der Waals surface area (Å²) >= 11 is 1.27. The molecule has 2 aromatic heterocycles. The number of hydrogen-bond acceptors (Lipinski definition) is 8. The first kappa shape index (κ1) is 23.4. The van der Waals surface area contributed by atoms with Crippen molar-refractivity contribution in [3.8, 4) is 0 Å². The zero-order valence-electron chi connectivity index (χ0n) is 19.0. The van der Waals surface area contributed by atoms with Crippen LogP contribution >= 0.6 is 11.8 Å². The molecular formula is C24H24N4O5S. The van der Waals surface area contributed by atoms with Crippen LogP contribution in [0.25, 0.3) is 27.6 Å². The highest BCUT2D eigenvalue weighted by Gasteiger charge is 2.23. The highest BCUT2D eigenvalue weighted by atomic mass is 32.2. The fourth-order valence-corrected chi connectivity index (χ4v) is 4.55. The second-order valence-electron chi connectivity index (χ2n) is 7.27. The van der Waals surface area contributed by atoms with Gasteiger partial charge in [0, 0.05) is 6.54 Å². The van der Waals surface area contributed by atoms with Gasteiger partial charge in [0.25, 0.3) is 0 Å². The highest BCUT2D eigenvalue weighted by molar-refractivity contribution is 7.99. The van der Waals surface area contributed by atoms with Crippen LogP contribution in [0.15, 0.2) is 53.4 Å². The van der Waals surface area contributed by atoms with Gasteiger partial charge in [-0.15, -0.1) is 0 Å². The molecule has 0 fully saturated rings. The summed E-state index contributed by atoms with van der Waals surface area (Å²) in [5, 5.41) is 11.5. The van der Waals surface area contributed by atoms with Crippen molar-refractivity contribution in [2.45, 2.75) is 25.5 Å². The molecule has 0 atom stereocenters. The fourth-order valence-electron chi connectivity index (χ4n) is 3.59. The number of aryl methyl sites for hydroxylation is 1. The summed E-state index contributed by atoms with van der Waals surface area (Å²) in [6, 6.07) is 12.6. The third kappa shape index (κ3) is 4.49. The number of hydrogen-bond donors (Lipinski definition) is 2. The largest absolute Gasteiger partial charge is 0.510 e. The molecule has 2 aromatic carbocycles. The molecule has 0 unspecified atom stereocenters. The number of thioether (sulfide) groups is 1. The SMILES string of the molecule is CCOC(=O)c1ccc2c(c1)nc(SC/C(O)=C(\C(=O)OC)c1nc3ccccc3[nH]1)n2CC. The molecule has 0 aliphatic carbocycles. The van der Waals surface area contributed by atoms with Crippen molar-refractivity contribution < 1.29 is 24.2 Å². The van der Waals surface area contributed by atoms with Crippen LogP contribution in [0.2, 0.25) is 0 Å². The first-order chi connectivity index (χ1) is 16.5. The van der Waals surface area contributed by atoms with Crippen LogP contribution in [0.4, 0.5) is 0 Å². The number of methoxy groups -OCH3 is 1. The van der Waals surface area contributed by atoms with E-state index in [4.69, 9.17) is 9.47 Å². The molecule has 0 bridgehead atoms. The molecule has 2 heterocycles. The molecular weight excluding hydrogens is 456 g/mol. The molecule has 0 radical (unpaired) electrons. The lowest BCUT2D eigenvalue weighted by molar-refractivity contribution is -0.133. The predicted molar refractivity (Wildman–Crippen MR) is 130 cm³/mol. The second kappa shape index (κ2) is 10.0. The van der Waals surface area contributed by atoms with Gasteiger partial charge in [-0.05, 0) is 44.2 Å². The fraction of sp³-hybridized carbons (Fsp3) is 0.250. The maximum atomic E-state index is 12.5. The van der Waals surface area contributed by atoms with Gasteiger partial charge in [-0.25, -0.2) is 19.6 Å². The number of carbonyl (C=O) groups excluding carboxylic acids is 2. The molecule has 0 saturated heterocycles. The Balaban J connectivity index is 1.66. The lowest BCUT2D eigenvalue weighted by Gasteiger charge is -2.08. The third-order valence-electron chi connectivity index (χ3n) is 5.18. The van der Waals surface area contributed by atoms with Gasteiger partial charge in [0.1, 0.15) is 17.2 Å². The molecule has 10 heteroatoms. The molecule has 4 aromatic rings. The van der Waals surface area contributed by atoms with Gasteiger partial charge < -0.3 is 24.1 Å². The molecule has 0 aliphatic rings. The summed E-state index contributed by atoms with van der Waals surface area (Å²) in [6.07, 6.45) is 0. The molecule has 4 rings (SSSR count). The highest BCUT2D eigenvalue weighted by Crippen LogP contribution is 2.28. The summed E-state index contributed by atoms with van der Waals surface area (Å²) in [7, 11) is 1.25. The zero-order chi connectivity index (χ0) is 24.2. The zero-order valence-corrected chi connectivity index (χ0v) is 19.8. The number of imidazole rings is 2. The van der Waals surface area contributed by atoms with E-state index in [-0.39, 0.29) is 22.9 Å². The predicted octanol–water partition coefficient (Wildman–Crippen LogP) is 4.34. The first-order valence-electron chi connectivity index (χ1n) is 10.7. The van der Waals surface area contributed by atoms with Crippen LogP contribution in [0.1, 0.15) is 30.0 Å². The number of carbonyl (C=O) groups is 2. The first-order valence-corrected chi connectivity index (χ1v) is 11.7. The number of para-hydroxylation sites is 2. The maximum absolute atomic E-state index is 12.5. The van der Waals surface area contributed by atoms with Gasteiger partial charge in [0.15, 0.2) is 5.16 Å². The summed E-state index contributed by atoms with van der Waals surface area (Å²) in [5.41, 5.74) is 3.30. The summed E-state index contributed by atoms with van der Waals surface area (Å²) < 4.78 is 11.9. The van der Waals surface area contributed by atoms with Crippen molar-refractivity contribution >= 4 is 51.3 Å². The molecule has 0 aliphatic heterocycles. The minimum atomic E-state index is -0.694. The lowest BCUT2D eigenvalue weighted by Crippen LogP contribution is -2.10. The number of fused-ring (bicyclic) bond motifs is 2. The van der Waals surface area contributed by atoms with Crippen molar-refractivity contribution in [2.24, 2.45) is 0 Å². The van der Waals surface area contributed by atoms with Crippen LogP contribution in [-0.2, 0) is 20.8 Å². The topological polar surface area (TPSA) is 119 Å². The molecule has 34 heavy (non-hydrogen) atoms. The standard InChI is InChI=1S/C24H24N4O5S/c1-4-28-18-11-10-14(22(30)33-5-2)12-17(18)27-24(28)34-13-19(29)20(23(31)32-3)21-25-15-8-6-7-9-16(15)26-21/h6-12,29H,4-5,13H2,1-3H3,(H,25,26)/b20-19+. The monoisotopic (exact) mass is 480 g/mol. The second-order valence-corrected chi connectivity index (χ2v) is 8.21. The van der Waals surface area contributed by atoms with Gasteiger partial charge in [0.2, 0.25) is 0 Å². The van der Waals surface area contributed by atoms with Crippen LogP contribution < -0.4 is 0 Å². The van der Waals surface area contributed by atoms with Gasteiger partial charge in [-0.1, -0.05) is 23.9 Å². The Bertz CT molecular complexity index is 1370. The lowest BCUT2D eigenvalue weighted by atomic mass is 10.2. The van der Waals surface area contributed by atoms with Crippen molar-refractivity contribution in [1.82, 2.24) is 19.5 Å². The Labute approximate surface area is 199 Å². The Morgan fingerprint density at radius 3 is 2.62 bits per heavy atom. The molecule has 0 amide bonds. The third-order valence-corrected chi connectivity index (χ3v) is 6.17. The number of benzene rings is 2. The maximum Gasteiger partial charge on any atom is 0.345 e. The number of aliphatic hydroxyl groups is 1. The number of H-pyrrole nitrogens is 1. The van der Waals surface area contributed by atoms with E-state index in [0.717, 1.165) is 11.0 Å². The number of aromatic nitrogens is 4. The smallest absolute Gasteiger partial charge is 0.345 e. The van der Waals surface area contributed by atoms with E-state index < -0.39 is 11.9 Å². The van der Waals surface area contributed by atoms with E-state index in [1.54, 1.807) is 19.1 Å². The summed E-state index contributed by atoms with van der Waals surface area (Å²) in [6.45, 7) is 4.66. The van der Waals surface area contributed by atoms with E-state index in [1.165, 1.54) is 18.9 Å². The Kier molecular flexibility index (Phi) is 6.87. The van der Waals surface area contributed by atoms with Crippen LogP contribution in [0, 0.1) is 0 Å². The van der Waals surface area contributed by atoms with Crippen LogP contribution in [0.3, 0.4) is 0 Å². The van der Waals surface area contributed by atoms with E-state index >= 15 is 0 Å². The van der Waals surface area contributed by atoms with E-state index in [1.807, 2.05) is 41.8 Å². The molecule has 2 N–H and O–H groups in total. The molecule has 9 nitrogen and oxygen atoms in total. The molecule has 0 saturated carbocycles. The number of rotatable bonds is 8. The molecule has 0 spiro atoms. The Morgan fingerprint density at radius 2 is 1.91 bits per heavy atom. The minimum absolute atomic E-state index is 0.0324. The Hall–Kier alpha value is -3.79. The quantitative estimate of drug-likeness (QED) is 0.165. The van der Waals surface area contributed by atoms with Gasteiger partial charge >= 0.3 is 11.9 Å². The van der Waals surface area contributed by atoms with E-state index in [0.29, 0.717) is 34.9 Å². The number of nitrogens with one attached hydrogen (secondary N) is 1. The van der Waals surface area contributed by atoms with Crippen molar-refractivity contribution in [3.63, 3.8) is 0 Å². The Morgan fingerprint density at radius 1 is 1.12 bits per heavy atom. The number of ether oxygens (including phenoxy) is 2. The van der Waals surface area contributed by atoms with Crippen molar-refractivity contribution in [3.05, 3.63) is 59.6 Å². The van der Waals surface area contributed by atoms with Gasteiger partial charge in [-0.2, -0.15) is 0 Å². The molecule has 176 valence electrons. The van der Waals surface area contributed by atoms with Crippen LogP contribution in [0.5, 0.6) is 0 Å². The van der Waals surface area contributed by atoms with Crippen LogP contribution in [-0.4, -0.2) is 56.0 Å². The average Bonchev–Trinajstić information content (AvgIpc) is 3.42. The number of aromatic amines is 1. The van der Waals surface area contributed by atoms with E-state index in [9.17, 15) is 14.7 Å². The average molecular weight is 481 g/mol. The number of nitrogens with zero attached hydrogens (tertiary/aromatic N) is 3. The number of aliphatic hydroxyl groups excluding tert-OH is 1. The van der Waals surface area contributed by atoms with Gasteiger partial charge in [-0.3, -0.25) is 0 Å².